The molecule has 1 aromatic carbocycles. The summed E-state index contributed by atoms with van der Waals surface area (Å²) >= 11 is 0. The Morgan fingerprint density at radius 3 is 2.30 bits per heavy atom. The monoisotopic (exact) mass is 140 g/mol. The molecule has 1 N–H and O–H groups in total. The molecule has 0 aromatic heterocycles. The second kappa shape index (κ2) is 3.20. The van der Waals surface area contributed by atoms with Crippen LogP contribution in [0.1, 0.15) is 5.56 Å². The Kier molecular flexibility index (Phi) is 2.26. The van der Waals surface area contributed by atoms with Gasteiger partial charge in [0.2, 0.25) is 0 Å². The third-order valence-corrected chi connectivity index (χ3v) is 1.32. The van der Waals surface area contributed by atoms with Crippen LogP contribution < -0.4 is 0 Å². The number of phenolic OH excluding ortho intramolecular Hbond substituents is 1. The van der Waals surface area contributed by atoms with Crippen molar-refractivity contribution in [3.05, 3.63) is 29.8 Å². The quantitative estimate of drug-likeness (QED) is 0.665. The molecule has 0 amide bonds. The van der Waals surface area contributed by atoms with Crippen molar-refractivity contribution in [2.75, 3.05) is 6.67 Å². The molecule has 1 nitrogen and oxygen atoms in total. The van der Waals surface area contributed by atoms with E-state index in [9.17, 15) is 4.39 Å². The molecule has 0 heterocycles. The summed E-state index contributed by atoms with van der Waals surface area (Å²) in [6, 6.07) is 6.56. The lowest BCUT2D eigenvalue weighted by Crippen LogP contribution is -1.84. The zero-order valence-corrected chi connectivity index (χ0v) is 5.55. The Bertz CT molecular complexity index is 193. The summed E-state index contributed by atoms with van der Waals surface area (Å²) in [6.07, 6.45) is 0.431. The highest BCUT2D eigenvalue weighted by Gasteiger charge is 1.90. The molecule has 0 spiro atoms. The van der Waals surface area contributed by atoms with E-state index in [0.717, 1.165) is 5.56 Å². The van der Waals surface area contributed by atoms with Crippen LogP contribution in [0, 0.1) is 0 Å². The molecule has 0 aliphatic rings. The van der Waals surface area contributed by atoms with Gasteiger partial charge in [0, 0.05) is 6.42 Å². The van der Waals surface area contributed by atoms with Crippen LogP contribution >= 0.6 is 0 Å². The van der Waals surface area contributed by atoms with Crippen molar-refractivity contribution in [3.8, 4) is 5.75 Å². The molecule has 2 heteroatoms. The molecule has 0 radical (unpaired) electrons. The van der Waals surface area contributed by atoms with Gasteiger partial charge in [-0.1, -0.05) is 12.1 Å². The number of hydrogen-bond donors (Lipinski definition) is 1. The minimum Gasteiger partial charge on any atom is -0.508 e. The number of alkyl halides is 1. The summed E-state index contributed by atoms with van der Waals surface area (Å²) in [7, 11) is 0. The molecule has 0 atom stereocenters. The van der Waals surface area contributed by atoms with Crippen molar-refractivity contribution in [1.82, 2.24) is 0 Å². The molecule has 0 aliphatic carbocycles. The molecule has 0 bridgehead atoms. The number of halogens is 1. The van der Waals surface area contributed by atoms with Gasteiger partial charge in [-0.25, -0.2) is 0 Å². The fourth-order valence-corrected chi connectivity index (χ4v) is 0.772. The zero-order chi connectivity index (χ0) is 7.40. The molecule has 0 unspecified atom stereocenters. The van der Waals surface area contributed by atoms with Crippen molar-refractivity contribution in [3.63, 3.8) is 0 Å². The summed E-state index contributed by atoms with van der Waals surface area (Å²) in [4.78, 5) is 0. The van der Waals surface area contributed by atoms with E-state index in [1.54, 1.807) is 24.3 Å². The van der Waals surface area contributed by atoms with E-state index in [1.165, 1.54) is 0 Å². The molecule has 54 valence electrons. The van der Waals surface area contributed by atoms with Crippen LogP contribution in [0.2, 0.25) is 0 Å². The molecule has 1 rings (SSSR count). The number of aryl methyl sites for hydroxylation is 1. The van der Waals surface area contributed by atoms with Crippen LogP contribution in [-0.4, -0.2) is 11.8 Å². The van der Waals surface area contributed by atoms with E-state index in [0.29, 0.717) is 6.42 Å². The molecule has 0 saturated carbocycles. The summed E-state index contributed by atoms with van der Waals surface area (Å²) < 4.78 is 11.7. The van der Waals surface area contributed by atoms with Gasteiger partial charge in [-0.2, -0.15) is 0 Å². The van der Waals surface area contributed by atoms with E-state index < -0.39 is 0 Å². The first-order valence-electron chi connectivity index (χ1n) is 3.17. The highest BCUT2D eigenvalue weighted by Crippen LogP contribution is 2.09. The number of phenols is 1. The van der Waals surface area contributed by atoms with E-state index in [-0.39, 0.29) is 12.4 Å². The fourth-order valence-electron chi connectivity index (χ4n) is 0.772. The van der Waals surface area contributed by atoms with Crippen LogP contribution in [0.5, 0.6) is 5.75 Å². The maximum atomic E-state index is 11.7. The van der Waals surface area contributed by atoms with Crippen molar-refractivity contribution in [1.29, 1.82) is 0 Å². The Hall–Kier alpha value is -1.05. The smallest absolute Gasteiger partial charge is 0.115 e. The van der Waals surface area contributed by atoms with Crippen LogP contribution in [0.25, 0.3) is 0 Å². The maximum absolute atomic E-state index is 11.7. The van der Waals surface area contributed by atoms with E-state index in [2.05, 4.69) is 0 Å². The highest BCUT2D eigenvalue weighted by atomic mass is 19.1. The average molecular weight is 140 g/mol. The standard InChI is InChI=1S/C8H9FO/c9-6-5-7-1-3-8(10)4-2-7/h1-4,10H,5-6H2. The minimum absolute atomic E-state index is 0.225. The van der Waals surface area contributed by atoms with E-state index >= 15 is 0 Å². The Morgan fingerprint density at radius 1 is 1.20 bits per heavy atom. The second-order valence-corrected chi connectivity index (χ2v) is 2.11. The predicted molar refractivity (Wildman–Crippen MR) is 37.8 cm³/mol. The predicted octanol–water partition coefficient (Wildman–Crippen LogP) is 1.90. The molecule has 0 fully saturated rings. The second-order valence-electron chi connectivity index (χ2n) is 2.11. The van der Waals surface area contributed by atoms with Crippen molar-refractivity contribution < 1.29 is 9.50 Å². The Balaban J connectivity index is 2.69. The fraction of sp³-hybridized carbons (Fsp3) is 0.250. The van der Waals surface area contributed by atoms with Crippen LogP contribution in [0.15, 0.2) is 24.3 Å². The first-order chi connectivity index (χ1) is 4.83. The summed E-state index contributed by atoms with van der Waals surface area (Å²) in [5, 5.41) is 8.83. The maximum Gasteiger partial charge on any atom is 0.115 e. The van der Waals surface area contributed by atoms with Crippen molar-refractivity contribution in [2.24, 2.45) is 0 Å². The van der Waals surface area contributed by atoms with Crippen LogP contribution in [0.3, 0.4) is 0 Å². The van der Waals surface area contributed by atoms with Gasteiger partial charge < -0.3 is 5.11 Å². The van der Waals surface area contributed by atoms with Gasteiger partial charge in [-0.05, 0) is 17.7 Å². The lowest BCUT2D eigenvalue weighted by Gasteiger charge is -1.95. The minimum atomic E-state index is -0.342. The highest BCUT2D eigenvalue weighted by molar-refractivity contribution is 5.25. The number of hydrogen-bond acceptors (Lipinski definition) is 1. The summed E-state index contributed by atoms with van der Waals surface area (Å²) in [5.74, 6) is 0.225. The van der Waals surface area contributed by atoms with Crippen molar-refractivity contribution >= 4 is 0 Å². The summed E-state index contributed by atoms with van der Waals surface area (Å²) in [5.41, 5.74) is 0.917. The van der Waals surface area contributed by atoms with E-state index in [1.807, 2.05) is 0 Å². The molecular weight excluding hydrogens is 131 g/mol. The largest absolute Gasteiger partial charge is 0.508 e. The van der Waals surface area contributed by atoms with Gasteiger partial charge >= 0.3 is 0 Å². The first-order valence-corrected chi connectivity index (χ1v) is 3.17. The van der Waals surface area contributed by atoms with Gasteiger partial charge in [0.25, 0.3) is 0 Å². The SMILES string of the molecule is Oc1ccc(CCF)cc1. The molecule has 1 aromatic rings. The van der Waals surface area contributed by atoms with Gasteiger partial charge in [0.1, 0.15) is 5.75 Å². The molecular formula is C8H9FO. The Morgan fingerprint density at radius 2 is 1.80 bits per heavy atom. The van der Waals surface area contributed by atoms with Crippen LogP contribution in [0.4, 0.5) is 4.39 Å². The van der Waals surface area contributed by atoms with Gasteiger partial charge in [-0.15, -0.1) is 0 Å². The summed E-state index contributed by atoms with van der Waals surface area (Å²) in [6.45, 7) is -0.342. The third kappa shape index (κ3) is 1.72. The lowest BCUT2D eigenvalue weighted by molar-refractivity contribution is 0.473. The number of aromatic hydroxyl groups is 1. The first kappa shape index (κ1) is 7.06. The van der Waals surface area contributed by atoms with Crippen molar-refractivity contribution in [2.45, 2.75) is 6.42 Å². The van der Waals surface area contributed by atoms with Gasteiger partial charge in [-0.3, -0.25) is 4.39 Å². The van der Waals surface area contributed by atoms with Gasteiger partial charge in [0.05, 0.1) is 6.67 Å². The number of rotatable bonds is 2. The lowest BCUT2D eigenvalue weighted by atomic mass is 10.2. The van der Waals surface area contributed by atoms with Crippen LogP contribution in [-0.2, 0) is 6.42 Å². The Labute approximate surface area is 59.1 Å². The topological polar surface area (TPSA) is 20.2 Å². The zero-order valence-electron chi connectivity index (χ0n) is 5.55. The third-order valence-electron chi connectivity index (χ3n) is 1.32. The van der Waals surface area contributed by atoms with E-state index in [4.69, 9.17) is 5.11 Å². The average Bonchev–Trinajstić information content (AvgIpc) is 1.95. The molecule has 0 saturated heterocycles. The molecule has 0 aliphatic heterocycles. The van der Waals surface area contributed by atoms with Gasteiger partial charge in [0.15, 0.2) is 0 Å². The number of benzene rings is 1. The normalized spacial score (nSPS) is 9.70. The molecule has 10 heavy (non-hydrogen) atoms.